The lowest BCUT2D eigenvalue weighted by Gasteiger charge is -2.19. The lowest BCUT2D eigenvalue weighted by Crippen LogP contribution is -2.30. The van der Waals surface area contributed by atoms with Gasteiger partial charge >= 0.3 is 6.18 Å². The van der Waals surface area contributed by atoms with Gasteiger partial charge in [0.05, 0.1) is 10.5 Å². The fraction of sp³-hybridized carbons (Fsp3) is 0.333. The monoisotopic (exact) mass is 415 g/mol. The van der Waals surface area contributed by atoms with E-state index in [9.17, 15) is 26.4 Å². The van der Waals surface area contributed by atoms with Gasteiger partial charge in [0, 0.05) is 25.0 Å². The van der Waals surface area contributed by atoms with Gasteiger partial charge in [0.1, 0.15) is 5.69 Å². The SMILES string of the molecule is CCN(CC)S(=O)(=O)c1ccc(C)c(NC(=O)c2ccc(C(F)(F)F)nc2)c1. The zero-order chi connectivity index (χ0) is 21.1. The molecule has 0 radical (unpaired) electrons. The molecule has 1 aromatic carbocycles. The Balaban J connectivity index is 2.30. The second-order valence-corrected chi connectivity index (χ2v) is 7.89. The Hall–Kier alpha value is -2.46. The summed E-state index contributed by atoms with van der Waals surface area (Å²) in [5.41, 5.74) is -0.332. The third kappa shape index (κ3) is 4.68. The fourth-order valence-electron chi connectivity index (χ4n) is 2.50. The van der Waals surface area contributed by atoms with E-state index in [1.807, 2.05) is 0 Å². The Labute approximate surface area is 161 Å². The molecule has 28 heavy (non-hydrogen) atoms. The molecule has 0 aliphatic rings. The van der Waals surface area contributed by atoms with E-state index >= 15 is 0 Å². The van der Waals surface area contributed by atoms with Crippen LogP contribution in [0.15, 0.2) is 41.4 Å². The van der Waals surface area contributed by atoms with Gasteiger partial charge in [-0.3, -0.25) is 9.78 Å². The van der Waals surface area contributed by atoms with Gasteiger partial charge in [0.25, 0.3) is 5.91 Å². The van der Waals surface area contributed by atoms with Crippen molar-refractivity contribution in [3.8, 4) is 0 Å². The molecule has 6 nitrogen and oxygen atoms in total. The molecule has 152 valence electrons. The summed E-state index contributed by atoms with van der Waals surface area (Å²) in [4.78, 5) is 15.6. The number of alkyl halides is 3. The topological polar surface area (TPSA) is 79.4 Å². The number of anilines is 1. The third-order valence-corrected chi connectivity index (χ3v) is 6.16. The van der Waals surface area contributed by atoms with E-state index in [0.717, 1.165) is 12.3 Å². The molecule has 0 bridgehead atoms. The average Bonchev–Trinajstić information content (AvgIpc) is 2.63. The Morgan fingerprint density at radius 3 is 2.29 bits per heavy atom. The van der Waals surface area contributed by atoms with Crippen molar-refractivity contribution in [2.45, 2.75) is 31.8 Å². The second kappa shape index (κ2) is 8.27. The Morgan fingerprint density at radius 1 is 1.14 bits per heavy atom. The molecule has 0 fully saturated rings. The standard InChI is InChI=1S/C18H20F3N3O3S/c1-4-24(5-2)28(26,27)14-8-6-12(3)15(10-14)23-17(25)13-7-9-16(22-11-13)18(19,20)21/h6-11H,4-5H2,1-3H3,(H,23,25). The van der Waals surface area contributed by atoms with Crippen LogP contribution in [0.25, 0.3) is 0 Å². The molecule has 10 heteroatoms. The normalized spacial score (nSPS) is 12.2. The molecule has 0 atom stereocenters. The summed E-state index contributed by atoms with van der Waals surface area (Å²) in [6, 6.07) is 6.05. The van der Waals surface area contributed by atoms with E-state index in [0.29, 0.717) is 24.7 Å². The minimum atomic E-state index is -4.60. The molecular formula is C18H20F3N3O3S. The molecule has 1 N–H and O–H groups in total. The number of carbonyl (C=O) groups excluding carboxylic acids is 1. The molecule has 1 amide bonds. The summed E-state index contributed by atoms with van der Waals surface area (Å²) >= 11 is 0. The largest absolute Gasteiger partial charge is 0.433 e. The van der Waals surface area contributed by atoms with Gasteiger partial charge < -0.3 is 5.32 Å². The number of nitrogens with zero attached hydrogens (tertiary/aromatic N) is 2. The molecule has 0 saturated carbocycles. The Morgan fingerprint density at radius 2 is 1.79 bits per heavy atom. The highest BCUT2D eigenvalue weighted by molar-refractivity contribution is 7.89. The number of amides is 1. The van der Waals surface area contributed by atoms with E-state index in [1.54, 1.807) is 26.8 Å². The zero-order valence-corrected chi connectivity index (χ0v) is 16.4. The minimum absolute atomic E-state index is 0.0163. The second-order valence-electron chi connectivity index (χ2n) is 5.95. The summed E-state index contributed by atoms with van der Waals surface area (Å²) in [6.45, 7) is 5.71. The van der Waals surface area contributed by atoms with Gasteiger partial charge in [-0.1, -0.05) is 19.9 Å². The van der Waals surface area contributed by atoms with Gasteiger partial charge in [-0.15, -0.1) is 0 Å². The first kappa shape index (κ1) is 21.8. The van der Waals surface area contributed by atoms with Crippen LogP contribution in [0.3, 0.4) is 0 Å². The molecule has 2 rings (SSSR count). The molecule has 0 unspecified atom stereocenters. The molecule has 2 aromatic rings. The summed E-state index contributed by atoms with van der Waals surface area (Å²) in [7, 11) is -3.72. The van der Waals surface area contributed by atoms with Gasteiger partial charge in [-0.05, 0) is 36.8 Å². The fourth-order valence-corrected chi connectivity index (χ4v) is 3.98. The predicted octanol–water partition coefficient (Wildman–Crippen LogP) is 3.69. The Bertz CT molecular complexity index is 954. The van der Waals surface area contributed by atoms with Crippen LogP contribution in [-0.2, 0) is 16.2 Å². The third-order valence-electron chi connectivity index (χ3n) is 4.12. The first-order chi connectivity index (χ1) is 13.0. The molecule has 1 aromatic heterocycles. The van der Waals surface area contributed by atoms with Crippen molar-refractivity contribution in [1.82, 2.24) is 9.29 Å². The highest BCUT2D eigenvalue weighted by atomic mass is 32.2. The molecule has 0 aliphatic heterocycles. The summed E-state index contributed by atoms with van der Waals surface area (Å²) in [5.74, 6) is -0.693. The number of hydrogen-bond donors (Lipinski definition) is 1. The quantitative estimate of drug-likeness (QED) is 0.780. The van der Waals surface area contributed by atoms with Crippen molar-refractivity contribution < 1.29 is 26.4 Å². The van der Waals surface area contributed by atoms with Crippen LogP contribution < -0.4 is 5.32 Å². The Kier molecular flexibility index (Phi) is 6.45. The van der Waals surface area contributed by atoms with Gasteiger partial charge in [-0.25, -0.2) is 8.42 Å². The first-order valence-electron chi connectivity index (χ1n) is 8.46. The number of aryl methyl sites for hydroxylation is 1. The first-order valence-corrected chi connectivity index (χ1v) is 9.90. The van der Waals surface area contributed by atoms with Gasteiger partial charge in [0.2, 0.25) is 10.0 Å². The average molecular weight is 415 g/mol. The number of nitrogens with one attached hydrogen (secondary N) is 1. The minimum Gasteiger partial charge on any atom is -0.322 e. The van der Waals surface area contributed by atoms with Crippen LogP contribution in [0.1, 0.15) is 35.5 Å². The number of halogens is 3. The van der Waals surface area contributed by atoms with E-state index in [1.165, 1.54) is 16.4 Å². The zero-order valence-electron chi connectivity index (χ0n) is 15.5. The summed E-state index contributed by atoms with van der Waals surface area (Å²) in [6.07, 6.45) is -3.78. The number of pyridine rings is 1. The van der Waals surface area contributed by atoms with Crippen molar-refractivity contribution in [1.29, 1.82) is 0 Å². The van der Waals surface area contributed by atoms with E-state index in [2.05, 4.69) is 10.3 Å². The maximum atomic E-state index is 12.6. The van der Waals surface area contributed by atoms with Gasteiger partial charge in [0.15, 0.2) is 0 Å². The summed E-state index contributed by atoms with van der Waals surface area (Å²) in [5, 5.41) is 2.53. The van der Waals surface area contributed by atoms with E-state index in [4.69, 9.17) is 0 Å². The number of carbonyl (C=O) groups is 1. The summed E-state index contributed by atoms with van der Waals surface area (Å²) < 4.78 is 64.3. The maximum Gasteiger partial charge on any atom is 0.433 e. The predicted molar refractivity (Wildman–Crippen MR) is 98.5 cm³/mol. The molecule has 0 saturated heterocycles. The van der Waals surface area contributed by atoms with Crippen LogP contribution in [0.5, 0.6) is 0 Å². The highest BCUT2D eigenvalue weighted by Crippen LogP contribution is 2.27. The van der Waals surface area contributed by atoms with Crippen LogP contribution in [0.4, 0.5) is 18.9 Å². The van der Waals surface area contributed by atoms with Crippen LogP contribution in [0.2, 0.25) is 0 Å². The van der Waals surface area contributed by atoms with Gasteiger partial charge in [-0.2, -0.15) is 17.5 Å². The lowest BCUT2D eigenvalue weighted by atomic mass is 10.2. The maximum absolute atomic E-state index is 12.6. The smallest absolute Gasteiger partial charge is 0.322 e. The van der Waals surface area contributed by atoms with Crippen molar-refractivity contribution in [3.05, 3.63) is 53.3 Å². The number of sulfonamides is 1. The molecular weight excluding hydrogens is 395 g/mol. The lowest BCUT2D eigenvalue weighted by molar-refractivity contribution is -0.141. The molecule has 0 aliphatic carbocycles. The van der Waals surface area contributed by atoms with Crippen LogP contribution in [0, 0.1) is 6.92 Å². The highest BCUT2D eigenvalue weighted by Gasteiger charge is 2.32. The van der Waals surface area contributed by atoms with Crippen LogP contribution in [-0.4, -0.2) is 36.7 Å². The molecule has 0 spiro atoms. The van der Waals surface area contributed by atoms with Crippen LogP contribution >= 0.6 is 0 Å². The van der Waals surface area contributed by atoms with Crippen molar-refractivity contribution in [2.24, 2.45) is 0 Å². The van der Waals surface area contributed by atoms with Crippen molar-refractivity contribution >= 4 is 21.6 Å². The number of hydrogen-bond acceptors (Lipinski definition) is 4. The van der Waals surface area contributed by atoms with Crippen molar-refractivity contribution in [2.75, 3.05) is 18.4 Å². The number of aromatic nitrogens is 1. The molecule has 1 heterocycles. The van der Waals surface area contributed by atoms with Crippen molar-refractivity contribution in [3.63, 3.8) is 0 Å². The number of benzene rings is 1. The number of rotatable bonds is 6. The van der Waals surface area contributed by atoms with E-state index in [-0.39, 0.29) is 16.1 Å². The van der Waals surface area contributed by atoms with E-state index < -0.39 is 27.8 Å².